The SMILES string of the molecule is COCCN1CCN(C(=O)[C@@H](C)Oc2ccc3c(c2)[C@H](c2cccc(C)c2)N(C(=O)c2ccco2)CC3)CC1. The molecule has 0 unspecified atom stereocenters. The molecule has 2 aliphatic heterocycles. The van der Waals surface area contributed by atoms with Crippen LogP contribution in [-0.4, -0.2) is 85.6 Å². The molecule has 1 saturated heterocycles. The van der Waals surface area contributed by atoms with Crippen molar-refractivity contribution in [3.05, 3.63) is 88.9 Å². The van der Waals surface area contributed by atoms with Crippen LogP contribution in [0.25, 0.3) is 0 Å². The van der Waals surface area contributed by atoms with E-state index in [1.165, 1.54) is 11.8 Å². The second-order valence-electron chi connectivity index (χ2n) is 10.3. The standard InChI is InChI=1S/C31H37N3O5/c1-22-6-4-7-25(20-22)29-27-21-26(10-9-24(27)11-12-34(29)31(36)28-8-5-18-38-28)39-23(2)30(35)33-15-13-32(14-16-33)17-19-37-3/h4-10,18,20-21,23,29H,11-17,19H2,1-3H3/t23-,29+/m1/s1. The Morgan fingerprint density at radius 3 is 2.56 bits per heavy atom. The van der Waals surface area contributed by atoms with Crippen molar-refractivity contribution in [2.45, 2.75) is 32.4 Å². The molecule has 2 atom stereocenters. The minimum absolute atomic E-state index is 0.0102. The molecule has 8 heteroatoms. The van der Waals surface area contributed by atoms with Gasteiger partial charge in [-0.2, -0.15) is 0 Å². The molecule has 0 spiro atoms. The van der Waals surface area contributed by atoms with Crippen molar-refractivity contribution in [1.82, 2.24) is 14.7 Å². The summed E-state index contributed by atoms with van der Waals surface area (Å²) in [5, 5.41) is 0. The van der Waals surface area contributed by atoms with Gasteiger partial charge in [-0.1, -0.05) is 35.9 Å². The number of furan rings is 1. The van der Waals surface area contributed by atoms with E-state index in [4.69, 9.17) is 13.9 Å². The first-order valence-corrected chi connectivity index (χ1v) is 13.6. The van der Waals surface area contributed by atoms with Crippen LogP contribution < -0.4 is 4.74 Å². The lowest BCUT2D eigenvalue weighted by Gasteiger charge is -2.38. The smallest absolute Gasteiger partial charge is 0.290 e. The fourth-order valence-corrected chi connectivity index (χ4v) is 5.55. The van der Waals surface area contributed by atoms with Crippen LogP contribution in [0.5, 0.6) is 5.75 Å². The molecule has 0 N–H and O–H groups in total. The zero-order valence-electron chi connectivity index (χ0n) is 23.0. The van der Waals surface area contributed by atoms with Gasteiger partial charge in [-0.3, -0.25) is 14.5 Å². The summed E-state index contributed by atoms with van der Waals surface area (Å²) >= 11 is 0. The number of amides is 2. The molecule has 39 heavy (non-hydrogen) atoms. The molecule has 1 aromatic heterocycles. The number of ether oxygens (including phenoxy) is 2. The number of piperazine rings is 1. The van der Waals surface area contributed by atoms with E-state index in [0.717, 1.165) is 42.7 Å². The van der Waals surface area contributed by atoms with E-state index in [1.807, 2.05) is 34.9 Å². The number of carbonyl (C=O) groups is 2. The lowest BCUT2D eigenvalue weighted by Crippen LogP contribution is -2.52. The Balaban J connectivity index is 1.36. The van der Waals surface area contributed by atoms with Crippen LogP contribution in [0.2, 0.25) is 0 Å². The highest BCUT2D eigenvalue weighted by atomic mass is 16.5. The van der Waals surface area contributed by atoms with Crippen molar-refractivity contribution in [1.29, 1.82) is 0 Å². The summed E-state index contributed by atoms with van der Waals surface area (Å²) in [6, 6.07) is 17.4. The zero-order chi connectivity index (χ0) is 27.4. The van der Waals surface area contributed by atoms with Crippen LogP contribution in [0.15, 0.2) is 65.3 Å². The Labute approximate surface area is 230 Å². The van der Waals surface area contributed by atoms with Gasteiger partial charge < -0.3 is 23.7 Å². The first-order valence-electron chi connectivity index (χ1n) is 13.6. The summed E-state index contributed by atoms with van der Waals surface area (Å²) < 4.78 is 16.9. The number of nitrogens with zero attached hydrogens (tertiary/aromatic N) is 3. The third-order valence-corrected chi connectivity index (χ3v) is 7.65. The van der Waals surface area contributed by atoms with E-state index in [9.17, 15) is 9.59 Å². The fourth-order valence-electron chi connectivity index (χ4n) is 5.55. The number of carbonyl (C=O) groups excluding carboxylic acids is 2. The number of hydrogen-bond donors (Lipinski definition) is 0. The first kappa shape index (κ1) is 27.0. The molecular weight excluding hydrogens is 494 g/mol. The van der Waals surface area contributed by atoms with Crippen molar-refractivity contribution >= 4 is 11.8 Å². The van der Waals surface area contributed by atoms with Gasteiger partial charge in [-0.15, -0.1) is 0 Å². The summed E-state index contributed by atoms with van der Waals surface area (Å²) in [6.07, 6.45) is 1.64. The van der Waals surface area contributed by atoms with Crippen LogP contribution in [0, 0.1) is 6.92 Å². The molecule has 2 aliphatic rings. The van der Waals surface area contributed by atoms with Crippen molar-refractivity contribution in [3.63, 3.8) is 0 Å². The van der Waals surface area contributed by atoms with Gasteiger partial charge in [0.15, 0.2) is 11.9 Å². The highest BCUT2D eigenvalue weighted by molar-refractivity contribution is 5.92. The molecule has 0 bridgehead atoms. The van der Waals surface area contributed by atoms with Crippen molar-refractivity contribution < 1.29 is 23.5 Å². The maximum absolute atomic E-state index is 13.5. The predicted octanol–water partition coefficient (Wildman–Crippen LogP) is 3.93. The summed E-state index contributed by atoms with van der Waals surface area (Å²) in [4.78, 5) is 32.8. The quantitative estimate of drug-likeness (QED) is 0.439. The third kappa shape index (κ3) is 6.02. The second-order valence-corrected chi connectivity index (χ2v) is 10.3. The molecule has 0 aliphatic carbocycles. The van der Waals surface area contributed by atoms with E-state index in [1.54, 1.807) is 19.2 Å². The van der Waals surface area contributed by atoms with Crippen molar-refractivity contribution in [3.8, 4) is 5.75 Å². The first-order chi connectivity index (χ1) is 18.9. The maximum Gasteiger partial charge on any atom is 0.290 e. The van der Waals surface area contributed by atoms with Gasteiger partial charge in [0.05, 0.1) is 18.9 Å². The lowest BCUT2D eigenvalue weighted by atomic mass is 9.87. The number of methoxy groups -OCH3 is 1. The molecule has 1 fully saturated rings. The number of hydrogen-bond acceptors (Lipinski definition) is 6. The summed E-state index contributed by atoms with van der Waals surface area (Å²) in [5.74, 6) is 0.795. The van der Waals surface area contributed by atoms with E-state index in [2.05, 4.69) is 36.1 Å². The van der Waals surface area contributed by atoms with Crippen LogP contribution in [-0.2, 0) is 16.0 Å². The minimum atomic E-state index is -0.615. The highest BCUT2D eigenvalue weighted by Gasteiger charge is 2.34. The van der Waals surface area contributed by atoms with E-state index >= 15 is 0 Å². The average Bonchev–Trinajstić information content (AvgIpc) is 3.50. The van der Waals surface area contributed by atoms with Crippen molar-refractivity contribution in [2.24, 2.45) is 0 Å². The largest absolute Gasteiger partial charge is 0.481 e. The number of rotatable bonds is 8. The van der Waals surface area contributed by atoms with Crippen LogP contribution in [0.3, 0.4) is 0 Å². The van der Waals surface area contributed by atoms with Gasteiger partial charge in [0, 0.05) is 46.4 Å². The maximum atomic E-state index is 13.5. The monoisotopic (exact) mass is 531 g/mol. The normalized spacial score (nSPS) is 18.5. The Morgan fingerprint density at radius 1 is 1.03 bits per heavy atom. The Morgan fingerprint density at radius 2 is 1.85 bits per heavy atom. The Bertz CT molecular complexity index is 1280. The van der Waals surface area contributed by atoms with Gasteiger partial charge in [-0.25, -0.2) is 0 Å². The van der Waals surface area contributed by atoms with Crippen LogP contribution >= 0.6 is 0 Å². The number of benzene rings is 2. The fraction of sp³-hybridized carbons (Fsp3) is 0.419. The summed E-state index contributed by atoms with van der Waals surface area (Å²) in [5.41, 5.74) is 4.33. The zero-order valence-corrected chi connectivity index (χ0v) is 23.0. The summed E-state index contributed by atoms with van der Waals surface area (Å²) in [6.45, 7) is 9.04. The lowest BCUT2D eigenvalue weighted by molar-refractivity contribution is -0.139. The van der Waals surface area contributed by atoms with E-state index in [0.29, 0.717) is 37.8 Å². The van der Waals surface area contributed by atoms with Gasteiger partial charge in [0.1, 0.15) is 5.75 Å². The molecule has 206 valence electrons. The Hall–Kier alpha value is -3.62. The van der Waals surface area contributed by atoms with Gasteiger partial charge >= 0.3 is 0 Å². The van der Waals surface area contributed by atoms with E-state index in [-0.39, 0.29) is 17.9 Å². The molecule has 8 nitrogen and oxygen atoms in total. The molecule has 0 saturated carbocycles. The van der Waals surface area contributed by atoms with Gasteiger partial charge in [0.25, 0.3) is 11.8 Å². The summed E-state index contributed by atoms with van der Waals surface area (Å²) in [7, 11) is 1.71. The van der Waals surface area contributed by atoms with Gasteiger partial charge in [0.2, 0.25) is 0 Å². The second kappa shape index (κ2) is 12.1. The number of fused-ring (bicyclic) bond motifs is 1. The molecule has 5 rings (SSSR count). The average molecular weight is 532 g/mol. The Kier molecular flexibility index (Phi) is 8.33. The van der Waals surface area contributed by atoms with Crippen molar-refractivity contribution in [2.75, 3.05) is 53.0 Å². The molecular formula is C31H37N3O5. The molecule has 3 aromatic rings. The highest BCUT2D eigenvalue weighted by Crippen LogP contribution is 2.38. The third-order valence-electron chi connectivity index (χ3n) is 7.65. The molecule has 2 amide bonds. The van der Waals surface area contributed by atoms with Crippen LogP contribution in [0.4, 0.5) is 0 Å². The predicted molar refractivity (Wildman–Crippen MR) is 148 cm³/mol. The molecule has 0 radical (unpaired) electrons. The number of aryl methyl sites for hydroxylation is 1. The molecule has 3 heterocycles. The van der Waals surface area contributed by atoms with E-state index < -0.39 is 6.10 Å². The van der Waals surface area contributed by atoms with Crippen LogP contribution in [0.1, 0.15) is 45.8 Å². The molecule has 2 aromatic carbocycles. The van der Waals surface area contributed by atoms with Gasteiger partial charge in [-0.05, 0) is 61.2 Å². The topological polar surface area (TPSA) is 75.5 Å². The minimum Gasteiger partial charge on any atom is -0.481 e.